The first-order valence-electron chi connectivity index (χ1n) is 28.8. The van der Waals surface area contributed by atoms with Gasteiger partial charge in [0.25, 0.3) is 0 Å². The summed E-state index contributed by atoms with van der Waals surface area (Å²) in [7, 11) is 0. The molecule has 386 valence electrons. The van der Waals surface area contributed by atoms with E-state index in [1.54, 1.807) is 0 Å². The zero-order chi connectivity index (χ0) is 54.6. The minimum atomic E-state index is -0.800. The van der Waals surface area contributed by atoms with Gasteiger partial charge in [-0.05, 0) is 171 Å². The first-order chi connectivity index (χ1) is 41.2. The predicted octanol–water partition coefficient (Wildman–Crippen LogP) is 21.9. The van der Waals surface area contributed by atoms with E-state index in [0.29, 0.717) is 0 Å². The fraction of sp³-hybridized carbons (Fsp3) is 0.0123. The van der Waals surface area contributed by atoms with Gasteiger partial charge in [-0.2, -0.15) is 0 Å². The molecule has 14 aromatic carbocycles. The summed E-state index contributed by atoms with van der Waals surface area (Å²) < 4.78 is 0. The van der Waals surface area contributed by atoms with Gasteiger partial charge in [0.05, 0.1) is 16.8 Å². The lowest BCUT2D eigenvalue weighted by Gasteiger charge is -2.36. The number of hydrogen-bond donors (Lipinski definition) is 0. The Morgan fingerprint density at radius 2 is 0.578 bits per heavy atom. The molecule has 0 saturated carbocycles. The van der Waals surface area contributed by atoms with Crippen LogP contribution in [0, 0.1) is 0 Å². The van der Waals surface area contributed by atoms with Crippen molar-refractivity contribution in [2.75, 3.05) is 9.80 Å². The Morgan fingerprint density at radius 3 is 1.01 bits per heavy atom. The van der Waals surface area contributed by atoms with Gasteiger partial charge in [0.15, 0.2) is 0 Å². The number of fused-ring (bicyclic) bond motifs is 9. The largest absolute Gasteiger partial charge is 0.310 e. The number of nitrogens with zero attached hydrogens (tertiary/aromatic N) is 2. The summed E-state index contributed by atoms with van der Waals surface area (Å²) >= 11 is 0. The van der Waals surface area contributed by atoms with Crippen LogP contribution in [0.5, 0.6) is 0 Å². The molecule has 83 heavy (non-hydrogen) atoms. The van der Waals surface area contributed by atoms with Crippen LogP contribution in [0.2, 0.25) is 0 Å². The van der Waals surface area contributed by atoms with Crippen LogP contribution >= 0.6 is 0 Å². The fourth-order valence-corrected chi connectivity index (χ4v) is 14.4. The monoisotopic (exact) mass is 1050 g/mol. The molecule has 3 aliphatic rings. The molecule has 14 aromatic rings. The average Bonchev–Trinajstić information content (AvgIpc) is 1.77. The second kappa shape index (κ2) is 18.6. The lowest BCUT2D eigenvalue weighted by molar-refractivity contribution is 0.768. The maximum atomic E-state index is 2.62. The molecule has 0 radical (unpaired) electrons. The smallest absolute Gasteiger partial charge is 0.0715 e. The van der Waals surface area contributed by atoms with Crippen LogP contribution in [0.25, 0.3) is 99.4 Å². The number of benzene rings is 14. The molecule has 0 spiro atoms. The highest BCUT2D eigenvalue weighted by atomic mass is 15.2. The lowest BCUT2D eigenvalue weighted by atomic mass is 9.67. The Labute approximate surface area is 483 Å². The van der Waals surface area contributed by atoms with Gasteiger partial charge in [-0.25, -0.2) is 0 Å². The standard InChI is InChI=1S/C81H52N2/c1-5-19-53(20-6-1)55-35-41-59(42-36-55)81(60-43-37-56(38-44-60)54-21-7-2-8-22-54)73-51-63(82(61-25-9-3-10-26-61)62-27-11-4-12-28-62)45-47-67(73)68-48-46-64(52-74(68)81)83(75-49-39-57-23-17-33-69-65-29-13-15-31-71(65)79(75)77(57)69)76-50-40-58-24-18-34-70-66-30-14-16-32-72(66)80(76)78(58)70/h1-52H. The van der Waals surface area contributed by atoms with E-state index in [2.05, 4.69) is 325 Å². The van der Waals surface area contributed by atoms with Crippen molar-refractivity contribution in [2.24, 2.45) is 0 Å². The third kappa shape index (κ3) is 7.10. The van der Waals surface area contributed by atoms with E-state index in [0.717, 1.165) is 34.1 Å². The highest BCUT2D eigenvalue weighted by Crippen LogP contribution is 2.62. The van der Waals surface area contributed by atoms with Gasteiger partial charge in [-0.15, -0.1) is 0 Å². The third-order valence-corrected chi connectivity index (χ3v) is 18.0. The summed E-state index contributed by atoms with van der Waals surface area (Å²) in [6.07, 6.45) is 0. The van der Waals surface area contributed by atoms with Crippen LogP contribution in [-0.4, -0.2) is 0 Å². The van der Waals surface area contributed by atoms with Gasteiger partial charge in [0, 0.05) is 33.9 Å². The molecule has 2 heteroatoms. The average molecular weight is 1050 g/mol. The fourth-order valence-electron chi connectivity index (χ4n) is 14.4. The van der Waals surface area contributed by atoms with E-state index in [-0.39, 0.29) is 0 Å². The van der Waals surface area contributed by atoms with E-state index in [1.807, 2.05) is 0 Å². The van der Waals surface area contributed by atoms with Crippen molar-refractivity contribution in [3.05, 3.63) is 338 Å². The molecule has 0 aliphatic heterocycles. The Balaban J connectivity index is 0.977. The summed E-state index contributed by atoms with van der Waals surface area (Å²) in [6, 6.07) is 118. The zero-order valence-electron chi connectivity index (χ0n) is 45.4. The number of rotatable bonds is 10. The SMILES string of the molecule is c1ccc(-c2ccc(C3(c4ccc(-c5ccccc5)cc4)c4cc(N(c5ccccc5)c5ccccc5)ccc4-c4ccc(N(c5ccc6cccc7c6c5-c5ccccc5-7)c5ccc6cccc7c6c5-c5ccccc5-7)cc43)cc2)cc1. The third-order valence-electron chi connectivity index (χ3n) is 18.0. The minimum Gasteiger partial charge on any atom is -0.310 e. The maximum absolute atomic E-state index is 2.62. The van der Waals surface area contributed by atoms with Crippen molar-refractivity contribution < 1.29 is 0 Å². The molecular formula is C81H52N2. The Bertz CT molecular complexity index is 4620. The number of anilines is 6. The molecular weight excluding hydrogens is 1000 g/mol. The molecule has 0 atom stereocenters. The van der Waals surface area contributed by atoms with E-state index in [9.17, 15) is 0 Å². The topological polar surface area (TPSA) is 6.48 Å². The van der Waals surface area contributed by atoms with Gasteiger partial charge in [-0.1, -0.05) is 255 Å². The first kappa shape index (κ1) is 47.1. The molecule has 2 nitrogen and oxygen atoms in total. The van der Waals surface area contributed by atoms with Crippen LogP contribution in [0.4, 0.5) is 34.1 Å². The summed E-state index contributed by atoms with van der Waals surface area (Å²) in [6.45, 7) is 0. The summed E-state index contributed by atoms with van der Waals surface area (Å²) in [5.41, 5.74) is 28.0. The van der Waals surface area contributed by atoms with Crippen molar-refractivity contribution >= 4 is 55.7 Å². The van der Waals surface area contributed by atoms with E-state index in [4.69, 9.17) is 0 Å². The second-order valence-electron chi connectivity index (χ2n) is 22.3. The highest BCUT2D eigenvalue weighted by Gasteiger charge is 2.47. The minimum absolute atomic E-state index is 0.800. The van der Waals surface area contributed by atoms with E-state index >= 15 is 0 Å². The Hall–Kier alpha value is -10.8. The predicted molar refractivity (Wildman–Crippen MR) is 348 cm³/mol. The molecule has 0 heterocycles. The van der Waals surface area contributed by atoms with Crippen molar-refractivity contribution in [3.8, 4) is 77.9 Å². The molecule has 0 amide bonds. The van der Waals surface area contributed by atoms with Crippen LogP contribution in [0.3, 0.4) is 0 Å². The molecule has 0 aromatic heterocycles. The van der Waals surface area contributed by atoms with Crippen LogP contribution < -0.4 is 9.80 Å². The van der Waals surface area contributed by atoms with E-state index in [1.165, 1.54) is 122 Å². The maximum Gasteiger partial charge on any atom is 0.0715 e. The lowest BCUT2D eigenvalue weighted by Crippen LogP contribution is -2.29. The summed E-state index contributed by atoms with van der Waals surface area (Å²) in [5, 5.41) is 5.07. The van der Waals surface area contributed by atoms with Gasteiger partial charge < -0.3 is 9.80 Å². The van der Waals surface area contributed by atoms with E-state index < -0.39 is 5.41 Å². The molecule has 0 fully saturated rings. The quantitative estimate of drug-likeness (QED) is 0.135. The molecule has 0 saturated heterocycles. The number of hydrogen-bond acceptors (Lipinski definition) is 2. The Morgan fingerprint density at radius 1 is 0.217 bits per heavy atom. The normalized spacial score (nSPS) is 12.7. The first-order valence-corrected chi connectivity index (χ1v) is 28.8. The summed E-state index contributed by atoms with van der Waals surface area (Å²) in [5.74, 6) is 0. The van der Waals surface area contributed by atoms with Gasteiger partial charge in [0.1, 0.15) is 0 Å². The van der Waals surface area contributed by atoms with Gasteiger partial charge in [0.2, 0.25) is 0 Å². The van der Waals surface area contributed by atoms with Crippen LogP contribution in [0.1, 0.15) is 22.3 Å². The van der Waals surface area contributed by atoms with Gasteiger partial charge in [-0.3, -0.25) is 0 Å². The molecule has 0 bridgehead atoms. The van der Waals surface area contributed by atoms with Crippen molar-refractivity contribution in [1.29, 1.82) is 0 Å². The summed E-state index contributed by atoms with van der Waals surface area (Å²) in [4.78, 5) is 5.02. The van der Waals surface area contributed by atoms with Crippen LogP contribution in [-0.2, 0) is 5.41 Å². The molecule has 0 unspecified atom stereocenters. The molecule has 3 aliphatic carbocycles. The molecule has 0 N–H and O–H groups in total. The van der Waals surface area contributed by atoms with Crippen molar-refractivity contribution in [3.63, 3.8) is 0 Å². The Kier molecular flexibility index (Phi) is 10.6. The second-order valence-corrected chi connectivity index (χ2v) is 22.3. The van der Waals surface area contributed by atoms with Crippen molar-refractivity contribution in [1.82, 2.24) is 0 Å². The molecule has 17 rings (SSSR count). The van der Waals surface area contributed by atoms with Crippen molar-refractivity contribution in [2.45, 2.75) is 5.41 Å². The number of para-hydroxylation sites is 2. The van der Waals surface area contributed by atoms with Crippen LogP contribution in [0.15, 0.2) is 315 Å². The highest BCUT2D eigenvalue weighted by molar-refractivity contribution is 6.23. The van der Waals surface area contributed by atoms with Gasteiger partial charge >= 0.3 is 0 Å². The zero-order valence-corrected chi connectivity index (χ0v) is 45.4.